The summed E-state index contributed by atoms with van der Waals surface area (Å²) < 4.78 is 4.32. The highest BCUT2D eigenvalue weighted by Gasteiger charge is 2.27. The Bertz CT molecular complexity index is 560. The molecule has 1 aliphatic heterocycles. The van der Waals surface area contributed by atoms with Gasteiger partial charge in [0.05, 0.1) is 16.3 Å². The van der Waals surface area contributed by atoms with Gasteiger partial charge in [-0.15, -0.1) is 11.3 Å². The van der Waals surface area contributed by atoms with Gasteiger partial charge in [-0.05, 0) is 38.2 Å². The molecule has 96 valence electrons. The lowest BCUT2D eigenvalue weighted by Gasteiger charge is -2.22. The van der Waals surface area contributed by atoms with Crippen molar-refractivity contribution in [3.8, 4) is 11.3 Å². The molecule has 1 saturated heterocycles. The minimum absolute atomic E-state index is 0.573. The molecule has 1 unspecified atom stereocenters. The van der Waals surface area contributed by atoms with Crippen molar-refractivity contribution in [2.45, 2.75) is 32.7 Å². The van der Waals surface area contributed by atoms with Crippen molar-refractivity contribution in [1.82, 2.24) is 9.36 Å². The number of nitrogen functional groups attached to an aromatic ring is 1. The van der Waals surface area contributed by atoms with Crippen molar-refractivity contribution < 1.29 is 0 Å². The van der Waals surface area contributed by atoms with Gasteiger partial charge in [0, 0.05) is 18.0 Å². The predicted octanol–water partition coefficient (Wildman–Crippen LogP) is 3.15. The molecule has 2 N–H and O–H groups in total. The first-order valence-electron chi connectivity index (χ1n) is 6.11. The van der Waals surface area contributed by atoms with E-state index in [4.69, 9.17) is 5.73 Å². The fraction of sp³-hybridized carbons (Fsp3) is 0.500. The second kappa shape index (κ2) is 4.51. The summed E-state index contributed by atoms with van der Waals surface area (Å²) in [5.41, 5.74) is 8.03. The first-order valence-corrected chi connectivity index (χ1v) is 7.76. The third kappa shape index (κ3) is 1.89. The Kier molecular flexibility index (Phi) is 2.99. The van der Waals surface area contributed by atoms with Gasteiger partial charge in [-0.25, -0.2) is 4.98 Å². The second-order valence-corrected chi connectivity index (χ2v) is 6.50. The molecule has 0 radical (unpaired) electrons. The van der Waals surface area contributed by atoms with Crippen LogP contribution in [0.4, 0.5) is 10.8 Å². The first-order chi connectivity index (χ1) is 8.66. The number of hydrogen-bond acceptors (Lipinski definition) is 6. The molecule has 3 heterocycles. The standard InChI is InChI=1S/C12H16N4S2/c1-7-4-3-5-16(7)12-10(11(13)15-18-12)9-6-17-8(2)14-9/h6-7H,3-5H2,1-2H3,(H2,13,15). The van der Waals surface area contributed by atoms with Crippen molar-refractivity contribution in [3.63, 3.8) is 0 Å². The monoisotopic (exact) mass is 280 g/mol. The van der Waals surface area contributed by atoms with Crippen molar-refractivity contribution in [2.75, 3.05) is 17.2 Å². The van der Waals surface area contributed by atoms with Crippen LogP contribution in [0.5, 0.6) is 0 Å². The van der Waals surface area contributed by atoms with E-state index in [1.54, 1.807) is 11.3 Å². The Balaban J connectivity index is 2.06. The van der Waals surface area contributed by atoms with E-state index in [0.717, 1.165) is 22.8 Å². The highest BCUT2D eigenvalue weighted by Crippen LogP contribution is 2.42. The zero-order valence-corrected chi connectivity index (χ0v) is 12.1. The molecule has 0 aromatic carbocycles. The molecular weight excluding hydrogens is 264 g/mol. The molecule has 1 aliphatic rings. The molecule has 6 heteroatoms. The summed E-state index contributed by atoms with van der Waals surface area (Å²) in [5.74, 6) is 0.611. The van der Waals surface area contributed by atoms with Gasteiger partial charge in [0.25, 0.3) is 0 Å². The molecule has 0 bridgehead atoms. The van der Waals surface area contributed by atoms with Crippen LogP contribution in [0.2, 0.25) is 0 Å². The average molecular weight is 280 g/mol. The van der Waals surface area contributed by atoms with E-state index in [0.29, 0.717) is 11.9 Å². The van der Waals surface area contributed by atoms with Crippen LogP contribution in [0, 0.1) is 6.92 Å². The van der Waals surface area contributed by atoms with E-state index in [-0.39, 0.29) is 0 Å². The van der Waals surface area contributed by atoms with Crippen LogP contribution >= 0.6 is 22.9 Å². The lowest BCUT2D eigenvalue weighted by atomic mass is 10.2. The maximum Gasteiger partial charge on any atom is 0.148 e. The Morgan fingerprint density at radius 1 is 1.50 bits per heavy atom. The normalized spacial score (nSPS) is 19.7. The van der Waals surface area contributed by atoms with Crippen LogP contribution in [0.25, 0.3) is 11.3 Å². The Hall–Kier alpha value is -1.14. The van der Waals surface area contributed by atoms with Crippen molar-refractivity contribution >= 4 is 33.7 Å². The highest BCUT2D eigenvalue weighted by molar-refractivity contribution is 7.11. The second-order valence-electron chi connectivity index (χ2n) is 4.68. The number of aryl methyl sites for hydroxylation is 1. The van der Waals surface area contributed by atoms with Gasteiger partial charge in [0.2, 0.25) is 0 Å². The SMILES string of the molecule is Cc1nc(-c2c(N)nsc2N2CCCC2C)cs1. The Morgan fingerprint density at radius 2 is 2.33 bits per heavy atom. The number of hydrogen-bond donors (Lipinski definition) is 1. The van der Waals surface area contributed by atoms with Gasteiger partial charge in [-0.1, -0.05) is 0 Å². The maximum atomic E-state index is 6.03. The zero-order valence-electron chi connectivity index (χ0n) is 10.5. The van der Waals surface area contributed by atoms with Gasteiger partial charge in [-0.2, -0.15) is 4.37 Å². The van der Waals surface area contributed by atoms with E-state index in [1.165, 1.54) is 29.4 Å². The molecule has 2 aromatic heterocycles. The van der Waals surface area contributed by atoms with Crippen LogP contribution in [0.3, 0.4) is 0 Å². The van der Waals surface area contributed by atoms with Crippen LogP contribution < -0.4 is 10.6 Å². The molecule has 1 fully saturated rings. The molecule has 0 spiro atoms. The molecule has 1 atom stereocenters. The predicted molar refractivity (Wildman–Crippen MR) is 78.4 cm³/mol. The number of nitrogens with two attached hydrogens (primary N) is 1. The number of anilines is 2. The van der Waals surface area contributed by atoms with E-state index >= 15 is 0 Å². The first kappa shape index (κ1) is 11.9. The number of thiazole rings is 1. The summed E-state index contributed by atoms with van der Waals surface area (Å²) in [6, 6.07) is 0.573. The summed E-state index contributed by atoms with van der Waals surface area (Å²) >= 11 is 3.15. The molecule has 4 nitrogen and oxygen atoms in total. The minimum atomic E-state index is 0.573. The fourth-order valence-electron chi connectivity index (χ4n) is 2.44. The number of aromatic nitrogens is 2. The smallest absolute Gasteiger partial charge is 0.148 e. The van der Waals surface area contributed by atoms with Crippen molar-refractivity contribution in [1.29, 1.82) is 0 Å². The molecule has 0 amide bonds. The minimum Gasteiger partial charge on any atom is -0.382 e. The van der Waals surface area contributed by atoms with E-state index in [1.807, 2.05) is 6.92 Å². The van der Waals surface area contributed by atoms with Crippen LogP contribution in [0.1, 0.15) is 24.8 Å². The fourth-order valence-corrected chi connectivity index (χ4v) is 4.00. The number of nitrogens with zero attached hydrogens (tertiary/aromatic N) is 3. The average Bonchev–Trinajstić information content (AvgIpc) is 3.00. The largest absolute Gasteiger partial charge is 0.382 e. The van der Waals surface area contributed by atoms with Gasteiger partial charge >= 0.3 is 0 Å². The van der Waals surface area contributed by atoms with Gasteiger partial charge in [0.15, 0.2) is 0 Å². The quantitative estimate of drug-likeness (QED) is 0.918. The van der Waals surface area contributed by atoms with Crippen molar-refractivity contribution in [2.24, 2.45) is 0 Å². The third-order valence-corrected chi connectivity index (χ3v) is 5.06. The van der Waals surface area contributed by atoms with E-state index < -0.39 is 0 Å². The topological polar surface area (TPSA) is 55.0 Å². The molecule has 3 rings (SSSR count). The van der Waals surface area contributed by atoms with Gasteiger partial charge < -0.3 is 10.6 Å². The molecule has 0 saturated carbocycles. The van der Waals surface area contributed by atoms with Crippen molar-refractivity contribution in [3.05, 3.63) is 10.4 Å². The summed E-state index contributed by atoms with van der Waals surface area (Å²) in [4.78, 5) is 6.96. The molecule has 18 heavy (non-hydrogen) atoms. The summed E-state index contributed by atoms with van der Waals surface area (Å²) in [6.45, 7) is 5.38. The summed E-state index contributed by atoms with van der Waals surface area (Å²) in [5, 5.41) is 4.32. The Labute approximate surface area is 115 Å². The molecule has 0 aliphatic carbocycles. The van der Waals surface area contributed by atoms with Gasteiger partial charge in [-0.3, -0.25) is 0 Å². The van der Waals surface area contributed by atoms with Crippen LogP contribution in [-0.2, 0) is 0 Å². The highest BCUT2D eigenvalue weighted by atomic mass is 32.1. The zero-order chi connectivity index (χ0) is 12.7. The lowest BCUT2D eigenvalue weighted by molar-refractivity contribution is 0.739. The lowest BCUT2D eigenvalue weighted by Crippen LogP contribution is -2.25. The van der Waals surface area contributed by atoms with Crippen LogP contribution in [0.15, 0.2) is 5.38 Å². The molecule has 2 aromatic rings. The summed E-state index contributed by atoms with van der Waals surface area (Å²) in [6.07, 6.45) is 2.49. The van der Waals surface area contributed by atoms with Gasteiger partial charge in [0.1, 0.15) is 10.8 Å². The number of rotatable bonds is 2. The van der Waals surface area contributed by atoms with Crippen LogP contribution in [-0.4, -0.2) is 21.9 Å². The van der Waals surface area contributed by atoms with E-state index in [9.17, 15) is 0 Å². The summed E-state index contributed by atoms with van der Waals surface area (Å²) in [7, 11) is 0. The third-order valence-electron chi connectivity index (χ3n) is 3.39. The van der Waals surface area contributed by atoms with E-state index in [2.05, 4.69) is 26.6 Å². The Morgan fingerprint density at radius 3 is 2.94 bits per heavy atom. The maximum absolute atomic E-state index is 6.03. The molecular formula is C12H16N4S2.